The topological polar surface area (TPSA) is 40.5 Å². The Balaban J connectivity index is 0. The van der Waals surface area contributed by atoms with Crippen molar-refractivity contribution in [3.8, 4) is 0 Å². The quantitative estimate of drug-likeness (QED) is 0.441. The van der Waals surface area contributed by atoms with Gasteiger partial charge in [0.2, 0.25) is 0 Å². The van der Waals surface area contributed by atoms with Gasteiger partial charge in [-0.25, -0.2) is 0 Å². The van der Waals surface area contributed by atoms with Crippen LogP contribution in [0, 0.1) is 0 Å². The van der Waals surface area contributed by atoms with Crippen LogP contribution in [0.15, 0.2) is 12.2 Å². The van der Waals surface area contributed by atoms with Gasteiger partial charge in [-0.1, -0.05) is 58.6 Å². The molecule has 0 aliphatic rings. The predicted molar refractivity (Wildman–Crippen MR) is 85.4 cm³/mol. The molecule has 0 aliphatic carbocycles. The van der Waals surface area contributed by atoms with Gasteiger partial charge < -0.3 is 10.2 Å². The average molecular weight is 272 g/mol. The summed E-state index contributed by atoms with van der Waals surface area (Å²) in [4.78, 5) is 0. The lowest BCUT2D eigenvalue weighted by atomic mass is 10.1. The van der Waals surface area contributed by atoms with Gasteiger partial charge >= 0.3 is 0 Å². The highest BCUT2D eigenvalue weighted by Crippen LogP contribution is 2.11. The Kier molecular flexibility index (Phi) is 17.3. The van der Waals surface area contributed by atoms with Gasteiger partial charge in [0, 0.05) is 0 Å². The molecule has 0 rings (SSSR count). The number of hydrogen-bond donors (Lipinski definition) is 2. The second-order valence-corrected chi connectivity index (χ2v) is 5.48. The largest absolute Gasteiger partial charge is 0.393 e. The molecule has 0 aliphatic heterocycles. The lowest BCUT2D eigenvalue weighted by molar-refractivity contribution is 0.0848. The van der Waals surface area contributed by atoms with Crippen LogP contribution in [-0.4, -0.2) is 22.4 Å². The maximum absolute atomic E-state index is 9.06. The zero-order valence-corrected chi connectivity index (χ0v) is 13.6. The van der Waals surface area contributed by atoms with E-state index in [2.05, 4.69) is 20.4 Å². The van der Waals surface area contributed by atoms with E-state index in [9.17, 15) is 0 Å². The fraction of sp³-hybridized carbons (Fsp3) is 0.882. The molecule has 0 radical (unpaired) electrons. The van der Waals surface area contributed by atoms with Crippen molar-refractivity contribution in [1.82, 2.24) is 0 Å². The van der Waals surface area contributed by atoms with Gasteiger partial charge in [0.05, 0.1) is 12.2 Å². The van der Waals surface area contributed by atoms with Crippen molar-refractivity contribution >= 4 is 0 Å². The third kappa shape index (κ3) is 20.2. The standard InChI is InChI=1S/C10H20.C7H16O2/c1-4-6-7-9-10(3)8-5-2;1-3-4-7(9)5-6(2)8/h3-9H2,1-2H3;6-9H,3-5H2,1-2H3. The molecule has 0 amide bonds. The first kappa shape index (κ1) is 21.0. The molecule has 0 saturated carbocycles. The van der Waals surface area contributed by atoms with Crippen molar-refractivity contribution in [2.45, 2.75) is 97.7 Å². The second kappa shape index (κ2) is 15.7. The first-order valence-corrected chi connectivity index (χ1v) is 8.00. The van der Waals surface area contributed by atoms with Gasteiger partial charge in [0.15, 0.2) is 0 Å². The van der Waals surface area contributed by atoms with Gasteiger partial charge in [0.25, 0.3) is 0 Å². The molecular formula is C17H36O2. The van der Waals surface area contributed by atoms with Crippen molar-refractivity contribution in [3.05, 3.63) is 12.2 Å². The summed E-state index contributed by atoms with van der Waals surface area (Å²) in [5, 5.41) is 17.8. The molecule has 2 unspecified atom stereocenters. The van der Waals surface area contributed by atoms with E-state index in [0.717, 1.165) is 12.8 Å². The Bertz CT molecular complexity index is 188. The molecule has 0 heterocycles. The van der Waals surface area contributed by atoms with Crippen molar-refractivity contribution in [2.24, 2.45) is 0 Å². The number of aliphatic hydroxyl groups excluding tert-OH is 2. The van der Waals surface area contributed by atoms with Crippen LogP contribution in [0.5, 0.6) is 0 Å². The summed E-state index contributed by atoms with van der Waals surface area (Å²) in [6, 6.07) is 0. The monoisotopic (exact) mass is 272 g/mol. The van der Waals surface area contributed by atoms with Crippen LogP contribution < -0.4 is 0 Å². The van der Waals surface area contributed by atoms with Crippen LogP contribution >= 0.6 is 0 Å². The molecule has 0 aromatic heterocycles. The Morgan fingerprint density at radius 3 is 2.00 bits per heavy atom. The van der Waals surface area contributed by atoms with Crippen LogP contribution in [0.25, 0.3) is 0 Å². The minimum absolute atomic E-state index is 0.310. The molecule has 0 saturated heterocycles. The summed E-state index contributed by atoms with van der Waals surface area (Å²) < 4.78 is 0. The van der Waals surface area contributed by atoms with Gasteiger partial charge in [-0.2, -0.15) is 0 Å². The number of allylic oxidation sites excluding steroid dienone is 1. The van der Waals surface area contributed by atoms with Crippen LogP contribution in [0.2, 0.25) is 0 Å². The molecule has 116 valence electrons. The Morgan fingerprint density at radius 2 is 1.58 bits per heavy atom. The van der Waals surface area contributed by atoms with Crippen molar-refractivity contribution in [3.63, 3.8) is 0 Å². The average Bonchev–Trinajstić information content (AvgIpc) is 2.30. The van der Waals surface area contributed by atoms with E-state index < -0.39 is 0 Å². The molecule has 2 heteroatoms. The van der Waals surface area contributed by atoms with Gasteiger partial charge in [-0.3, -0.25) is 0 Å². The highest BCUT2D eigenvalue weighted by molar-refractivity contribution is 4.92. The van der Waals surface area contributed by atoms with Crippen LogP contribution in [0.3, 0.4) is 0 Å². The summed E-state index contributed by atoms with van der Waals surface area (Å²) in [5.74, 6) is 0. The first-order chi connectivity index (χ1) is 8.97. The minimum Gasteiger partial charge on any atom is -0.393 e. The van der Waals surface area contributed by atoms with E-state index in [-0.39, 0.29) is 12.2 Å². The van der Waals surface area contributed by atoms with Crippen molar-refractivity contribution < 1.29 is 10.2 Å². The predicted octanol–water partition coefficient (Wildman–Crippen LogP) is 4.84. The lowest BCUT2D eigenvalue weighted by Crippen LogP contribution is -2.13. The molecule has 0 aromatic rings. The summed E-state index contributed by atoms with van der Waals surface area (Å²) in [7, 11) is 0. The highest BCUT2D eigenvalue weighted by Gasteiger charge is 2.05. The van der Waals surface area contributed by atoms with Crippen molar-refractivity contribution in [2.75, 3.05) is 0 Å². The molecule has 2 nitrogen and oxygen atoms in total. The third-order valence-corrected chi connectivity index (χ3v) is 2.97. The van der Waals surface area contributed by atoms with E-state index in [4.69, 9.17) is 10.2 Å². The normalized spacial score (nSPS) is 13.4. The van der Waals surface area contributed by atoms with Crippen LogP contribution in [-0.2, 0) is 0 Å². The molecule has 2 N–H and O–H groups in total. The minimum atomic E-state index is -0.369. The second-order valence-electron chi connectivity index (χ2n) is 5.48. The molecule has 19 heavy (non-hydrogen) atoms. The summed E-state index contributed by atoms with van der Waals surface area (Å²) in [6.07, 6.45) is 9.36. The molecule has 0 aromatic carbocycles. The van der Waals surface area contributed by atoms with Crippen LogP contribution in [0.1, 0.15) is 85.5 Å². The highest BCUT2D eigenvalue weighted by atomic mass is 16.3. The smallest absolute Gasteiger partial charge is 0.0564 e. The van der Waals surface area contributed by atoms with E-state index >= 15 is 0 Å². The maximum Gasteiger partial charge on any atom is 0.0564 e. The number of unbranched alkanes of at least 4 members (excludes halogenated alkanes) is 2. The zero-order chi connectivity index (χ0) is 15.1. The third-order valence-electron chi connectivity index (χ3n) is 2.97. The molecule has 0 bridgehead atoms. The first-order valence-electron chi connectivity index (χ1n) is 8.00. The van der Waals surface area contributed by atoms with Crippen molar-refractivity contribution in [1.29, 1.82) is 0 Å². The number of rotatable bonds is 10. The van der Waals surface area contributed by atoms with Gasteiger partial charge in [-0.15, -0.1) is 0 Å². The Hall–Kier alpha value is -0.340. The number of aliphatic hydroxyl groups is 2. The maximum atomic E-state index is 9.06. The molecule has 0 spiro atoms. The fourth-order valence-electron chi connectivity index (χ4n) is 1.95. The Labute approximate surface area is 120 Å². The van der Waals surface area contributed by atoms with E-state index in [1.807, 2.05) is 6.92 Å². The van der Waals surface area contributed by atoms with Gasteiger partial charge in [0.1, 0.15) is 0 Å². The van der Waals surface area contributed by atoms with Gasteiger partial charge in [-0.05, 0) is 39.0 Å². The summed E-state index contributed by atoms with van der Waals surface area (Å²) in [6.45, 7) is 12.2. The lowest BCUT2D eigenvalue weighted by Gasteiger charge is -2.09. The van der Waals surface area contributed by atoms with E-state index in [1.165, 1.54) is 44.1 Å². The van der Waals surface area contributed by atoms with E-state index in [1.54, 1.807) is 6.92 Å². The molecule has 2 atom stereocenters. The van der Waals surface area contributed by atoms with E-state index in [0.29, 0.717) is 6.42 Å². The summed E-state index contributed by atoms with van der Waals surface area (Å²) in [5.41, 5.74) is 1.44. The zero-order valence-electron chi connectivity index (χ0n) is 13.6. The Morgan fingerprint density at radius 1 is 0.947 bits per heavy atom. The summed E-state index contributed by atoms with van der Waals surface area (Å²) >= 11 is 0. The molecule has 0 fully saturated rings. The number of hydrogen-bond acceptors (Lipinski definition) is 2. The molecular weight excluding hydrogens is 236 g/mol. The SMILES string of the molecule is C=C(CCC)CCCCC.CCCC(O)CC(C)O. The fourth-order valence-corrected chi connectivity index (χ4v) is 1.95. The van der Waals surface area contributed by atoms with Crippen LogP contribution in [0.4, 0.5) is 0 Å².